The number of aromatic nitrogens is 5. The predicted molar refractivity (Wildman–Crippen MR) is 117 cm³/mol. The largest absolute Gasteiger partial charge is 0.380 e. The van der Waals surface area contributed by atoms with Gasteiger partial charge in [-0.15, -0.1) is 11.3 Å². The lowest BCUT2D eigenvalue weighted by Gasteiger charge is -2.24. The first-order chi connectivity index (χ1) is 15.2. The Kier molecular flexibility index (Phi) is 4.46. The lowest BCUT2D eigenvalue weighted by molar-refractivity contribution is 0.117. The van der Waals surface area contributed by atoms with Gasteiger partial charge in [-0.1, -0.05) is 5.16 Å². The van der Waals surface area contributed by atoms with E-state index in [2.05, 4.69) is 20.0 Å². The highest BCUT2D eigenvalue weighted by molar-refractivity contribution is 7.19. The molecule has 0 bridgehead atoms. The van der Waals surface area contributed by atoms with Crippen LogP contribution in [0.5, 0.6) is 0 Å². The summed E-state index contributed by atoms with van der Waals surface area (Å²) in [6, 6.07) is 3.83. The van der Waals surface area contributed by atoms with E-state index in [1.54, 1.807) is 24.6 Å². The van der Waals surface area contributed by atoms with Crippen molar-refractivity contribution in [1.29, 1.82) is 0 Å². The number of nitrogens with zero attached hydrogens (tertiary/aromatic N) is 6. The van der Waals surface area contributed by atoms with E-state index in [1.807, 2.05) is 25.3 Å². The van der Waals surface area contributed by atoms with Crippen molar-refractivity contribution in [2.75, 3.05) is 18.6 Å². The van der Waals surface area contributed by atoms with Crippen LogP contribution in [0.4, 0.5) is 5.82 Å². The number of hydrogen-bond donors (Lipinski definition) is 0. The van der Waals surface area contributed by atoms with Crippen molar-refractivity contribution in [3.63, 3.8) is 0 Å². The topological polar surface area (TPSA) is 90.1 Å². The molecule has 0 radical (unpaired) electrons. The van der Waals surface area contributed by atoms with Crippen molar-refractivity contribution < 1.29 is 9.26 Å². The molecule has 0 aromatic carbocycles. The highest BCUT2D eigenvalue weighted by Gasteiger charge is 2.39. The smallest absolute Gasteiger partial charge is 0.249 e. The molecule has 5 heterocycles. The Morgan fingerprint density at radius 3 is 2.94 bits per heavy atom. The zero-order valence-corrected chi connectivity index (χ0v) is 18.2. The van der Waals surface area contributed by atoms with Gasteiger partial charge in [-0.25, -0.2) is 9.97 Å². The second kappa shape index (κ2) is 7.35. The Balaban J connectivity index is 1.56. The Labute approximate surface area is 183 Å². The molecule has 1 saturated heterocycles. The van der Waals surface area contributed by atoms with Gasteiger partial charge in [0.1, 0.15) is 16.7 Å². The molecule has 4 aromatic heterocycles. The summed E-state index contributed by atoms with van der Waals surface area (Å²) >= 11 is 1.80. The van der Waals surface area contributed by atoms with Crippen LogP contribution in [0, 0.1) is 6.92 Å². The molecule has 0 amide bonds. The molecule has 0 spiro atoms. The molecule has 0 N–H and O–H groups in total. The molecule has 2 atom stereocenters. The molecule has 6 rings (SSSR count). The van der Waals surface area contributed by atoms with Gasteiger partial charge in [-0.05, 0) is 43.9 Å². The van der Waals surface area contributed by atoms with E-state index in [4.69, 9.17) is 19.2 Å². The first-order valence-corrected chi connectivity index (χ1v) is 11.3. The minimum Gasteiger partial charge on any atom is -0.380 e. The molecule has 0 saturated carbocycles. The Bertz CT molecular complexity index is 1250. The van der Waals surface area contributed by atoms with Crippen LogP contribution in [0.25, 0.3) is 21.6 Å². The molecule has 1 aliphatic carbocycles. The van der Waals surface area contributed by atoms with Crippen LogP contribution in [0.3, 0.4) is 0 Å². The number of methoxy groups -OCH3 is 1. The standard InChI is InChI=1S/C22H22N6O2S/c1-12-24-21(30-27-12)16-9-14(29-2)11-28(16)20-18-15-6-3-7-17(15)31-22(18)26-19(25-20)13-5-4-8-23-10-13/h4-5,8,10,14,16H,3,6-7,9,11H2,1-2H3. The number of pyridine rings is 1. The van der Waals surface area contributed by atoms with Crippen molar-refractivity contribution in [3.05, 3.63) is 46.7 Å². The molecule has 9 heteroatoms. The van der Waals surface area contributed by atoms with E-state index >= 15 is 0 Å². The van der Waals surface area contributed by atoms with Crippen molar-refractivity contribution in [2.45, 2.75) is 44.8 Å². The Morgan fingerprint density at radius 2 is 2.16 bits per heavy atom. The van der Waals surface area contributed by atoms with Crippen molar-refractivity contribution in [3.8, 4) is 11.4 Å². The van der Waals surface area contributed by atoms with E-state index in [0.29, 0.717) is 24.1 Å². The zero-order chi connectivity index (χ0) is 20.9. The summed E-state index contributed by atoms with van der Waals surface area (Å²) in [5.74, 6) is 2.87. The first-order valence-electron chi connectivity index (χ1n) is 10.5. The second-order valence-electron chi connectivity index (χ2n) is 8.09. The molecule has 158 valence electrons. The highest BCUT2D eigenvalue weighted by Crippen LogP contribution is 2.45. The van der Waals surface area contributed by atoms with Crippen molar-refractivity contribution in [2.24, 2.45) is 0 Å². The quantitative estimate of drug-likeness (QED) is 0.478. The number of aryl methyl sites for hydroxylation is 3. The van der Waals surface area contributed by atoms with Crippen LogP contribution in [0.1, 0.15) is 41.0 Å². The van der Waals surface area contributed by atoms with Gasteiger partial charge in [-0.3, -0.25) is 4.98 Å². The van der Waals surface area contributed by atoms with E-state index in [1.165, 1.54) is 22.2 Å². The molecule has 31 heavy (non-hydrogen) atoms. The first kappa shape index (κ1) is 18.8. The predicted octanol–water partition coefficient (Wildman–Crippen LogP) is 3.90. The molecule has 1 fully saturated rings. The summed E-state index contributed by atoms with van der Waals surface area (Å²) in [4.78, 5) is 23.6. The minimum absolute atomic E-state index is 0.0655. The number of rotatable bonds is 4. The van der Waals surface area contributed by atoms with Crippen LogP contribution < -0.4 is 4.90 Å². The Morgan fingerprint density at radius 1 is 1.23 bits per heavy atom. The number of fused-ring (bicyclic) bond motifs is 3. The molecular weight excluding hydrogens is 412 g/mol. The van der Waals surface area contributed by atoms with Gasteiger partial charge in [0.25, 0.3) is 0 Å². The van der Waals surface area contributed by atoms with Crippen LogP contribution in [0.2, 0.25) is 0 Å². The van der Waals surface area contributed by atoms with Gasteiger partial charge in [0.05, 0.1) is 11.5 Å². The summed E-state index contributed by atoms with van der Waals surface area (Å²) in [7, 11) is 1.75. The van der Waals surface area contributed by atoms with Gasteiger partial charge in [-0.2, -0.15) is 4.98 Å². The fourth-order valence-electron chi connectivity index (χ4n) is 4.69. The zero-order valence-electron chi connectivity index (χ0n) is 17.4. The third-order valence-corrected chi connectivity index (χ3v) is 7.35. The summed E-state index contributed by atoms with van der Waals surface area (Å²) < 4.78 is 11.3. The highest BCUT2D eigenvalue weighted by atomic mass is 32.1. The maximum absolute atomic E-state index is 5.74. The third kappa shape index (κ3) is 3.11. The lowest BCUT2D eigenvalue weighted by Crippen LogP contribution is -2.26. The third-order valence-electron chi connectivity index (χ3n) is 6.16. The Hall–Kier alpha value is -2.91. The number of ether oxygens (including phenoxy) is 1. The van der Waals surface area contributed by atoms with E-state index < -0.39 is 0 Å². The van der Waals surface area contributed by atoms with Gasteiger partial charge in [0.15, 0.2) is 11.6 Å². The fraction of sp³-hybridized carbons (Fsp3) is 0.409. The molecule has 1 aliphatic heterocycles. The van der Waals surface area contributed by atoms with Crippen LogP contribution in [-0.4, -0.2) is 44.9 Å². The molecule has 8 nitrogen and oxygen atoms in total. The monoisotopic (exact) mass is 434 g/mol. The van der Waals surface area contributed by atoms with Gasteiger partial charge in [0, 0.05) is 42.9 Å². The maximum atomic E-state index is 5.74. The van der Waals surface area contributed by atoms with E-state index in [9.17, 15) is 0 Å². The summed E-state index contributed by atoms with van der Waals surface area (Å²) in [5, 5.41) is 5.19. The summed E-state index contributed by atoms with van der Waals surface area (Å²) in [6.45, 7) is 2.56. The van der Waals surface area contributed by atoms with Crippen LogP contribution in [-0.2, 0) is 17.6 Å². The number of anilines is 1. The average molecular weight is 435 g/mol. The fourth-order valence-corrected chi connectivity index (χ4v) is 5.95. The lowest BCUT2D eigenvalue weighted by atomic mass is 10.1. The molecular formula is C22H22N6O2S. The number of thiophene rings is 1. The maximum Gasteiger partial charge on any atom is 0.249 e. The molecule has 2 aliphatic rings. The normalized spacial score (nSPS) is 20.6. The van der Waals surface area contributed by atoms with Gasteiger partial charge >= 0.3 is 0 Å². The van der Waals surface area contributed by atoms with Crippen LogP contribution >= 0.6 is 11.3 Å². The summed E-state index contributed by atoms with van der Waals surface area (Å²) in [5.41, 5.74) is 2.31. The number of hydrogen-bond acceptors (Lipinski definition) is 9. The van der Waals surface area contributed by atoms with Crippen molar-refractivity contribution >= 4 is 27.4 Å². The summed E-state index contributed by atoms with van der Waals surface area (Å²) in [6.07, 6.45) is 7.80. The van der Waals surface area contributed by atoms with Gasteiger partial charge < -0.3 is 14.2 Å². The van der Waals surface area contributed by atoms with E-state index in [-0.39, 0.29) is 12.1 Å². The SMILES string of the molecule is COC1CC(c2nc(C)no2)N(c2nc(-c3cccnc3)nc3sc4c(c23)CCC4)C1. The average Bonchev–Trinajstić information content (AvgIpc) is 3.56. The second-order valence-corrected chi connectivity index (χ2v) is 9.18. The van der Waals surface area contributed by atoms with E-state index in [0.717, 1.165) is 35.5 Å². The minimum atomic E-state index is -0.0806. The van der Waals surface area contributed by atoms with Gasteiger partial charge in [0.2, 0.25) is 5.89 Å². The van der Waals surface area contributed by atoms with Crippen LogP contribution in [0.15, 0.2) is 29.0 Å². The van der Waals surface area contributed by atoms with Crippen molar-refractivity contribution in [1.82, 2.24) is 25.1 Å². The molecule has 4 aromatic rings. The molecule has 2 unspecified atom stereocenters.